The number of carbonyl (C=O) groups excluding carboxylic acids is 1. The summed E-state index contributed by atoms with van der Waals surface area (Å²) in [5, 5.41) is 13.7. The molecule has 1 atom stereocenters. The maximum absolute atomic E-state index is 12.5. The Morgan fingerprint density at radius 1 is 1.19 bits per heavy atom. The minimum Gasteiger partial charge on any atom is -0.496 e. The highest BCUT2D eigenvalue weighted by molar-refractivity contribution is 5.94. The average Bonchev–Trinajstić information content (AvgIpc) is 3.23. The number of hydrogen-bond donors (Lipinski definition) is 1. The molecule has 2 aromatic rings. The van der Waals surface area contributed by atoms with Gasteiger partial charge in [-0.15, -0.1) is 0 Å². The van der Waals surface area contributed by atoms with Crippen molar-refractivity contribution in [3.05, 3.63) is 69.8 Å². The Bertz CT molecular complexity index is 801. The molecule has 1 aliphatic heterocycles. The van der Waals surface area contributed by atoms with Crippen LogP contribution in [0.1, 0.15) is 34.8 Å². The lowest BCUT2D eigenvalue weighted by atomic mass is 10.0. The zero-order chi connectivity index (χ0) is 19.2. The first kappa shape index (κ1) is 18.8. The molecule has 1 aliphatic rings. The second kappa shape index (κ2) is 8.64. The highest BCUT2D eigenvalue weighted by atomic mass is 16.6. The number of nitro benzene ring substituents is 1. The number of methoxy groups -OCH3 is 1. The van der Waals surface area contributed by atoms with E-state index in [4.69, 9.17) is 4.74 Å². The van der Waals surface area contributed by atoms with E-state index in [2.05, 4.69) is 10.2 Å². The van der Waals surface area contributed by atoms with Crippen LogP contribution in [0.2, 0.25) is 0 Å². The second-order valence-corrected chi connectivity index (χ2v) is 6.51. The number of amides is 1. The zero-order valence-electron chi connectivity index (χ0n) is 15.3. The van der Waals surface area contributed by atoms with Crippen molar-refractivity contribution < 1.29 is 14.5 Å². The zero-order valence-corrected chi connectivity index (χ0v) is 15.3. The molecule has 1 unspecified atom stereocenters. The average molecular weight is 369 g/mol. The van der Waals surface area contributed by atoms with Crippen molar-refractivity contribution >= 4 is 11.6 Å². The molecular weight excluding hydrogens is 346 g/mol. The summed E-state index contributed by atoms with van der Waals surface area (Å²) in [5.74, 6) is 0.558. The van der Waals surface area contributed by atoms with Gasteiger partial charge in [0.25, 0.3) is 11.6 Å². The molecule has 7 nitrogen and oxygen atoms in total. The Kier molecular flexibility index (Phi) is 6.03. The number of para-hydroxylation sites is 1. The van der Waals surface area contributed by atoms with Crippen LogP contribution in [-0.2, 0) is 0 Å². The van der Waals surface area contributed by atoms with Crippen LogP contribution in [0.3, 0.4) is 0 Å². The maximum Gasteiger partial charge on any atom is 0.269 e. The highest BCUT2D eigenvalue weighted by Crippen LogP contribution is 2.31. The van der Waals surface area contributed by atoms with E-state index in [1.54, 1.807) is 7.11 Å². The molecule has 0 spiro atoms. The van der Waals surface area contributed by atoms with Crippen molar-refractivity contribution in [2.24, 2.45) is 0 Å². The van der Waals surface area contributed by atoms with Gasteiger partial charge in [0.1, 0.15) is 5.75 Å². The summed E-state index contributed by atoms with van der Waals surface area (Å²) < 4.78 is 5.51. The quantitative estimate of drug-likeness (QED) is 0.598. The van der Waals surface area contributed by atoms with Gasteiger partial charge in [-0.1, -0.05) is 18.2 Å². The van der Waals surface area contributed by atoms with E-state index in [-0.39, 0.29) is 17.6 Å². The number of benzene rings is 2. The van der Waals surface area contributed by atoms with Gasteiger partial charge >= 0.3 is 0 Å². The molecule has 1 N–H and O–H groups in total. The van der Waals surface area contributed by atoms with Crippen molar-refractivity contribution in [3.63, 3.8) is 0 Å². The van der Waals surface area contributed by atoms with Crippen LogP contribution >= 0.6 is 0 Å². The van der Waals surface area contributed by atoms with Gasteiger partial charge in [-0.3, -0.25) is 19.8 Å². The largest absolute Gasteiger partial charge is 0.496 e. The fraction of sp³-hybridized carbons (Fsp3) is 0.350. The molecule has 142 valence electrons. The topological polar surface area (TPSA) is 84.7 Å². The molecule has 1 amide bonds. The first-order chi connectivity index (χ1) is 13.1. The molecule has 0 bridgehead atoms. The number of carbonyl (C=O) groups is 1. The minimum absolute atomic E-state index is 0.0191. The molecule has 2 aromatic carbocycles. The molecule has 27 heavy (non-hydrogen) atoms. The normalized spacial score (nSPS) is 15.3. The molecule has 3 rings (SSSR count). The van der Waals surface area contributed by atoms with Crippen LogP contribution in [0.15, 0.2) is 48.5 Å². The van der Waals surface area contributed by atoms with Crippen molar-refractivity contribution in [1.29, 1.82) is 0 Å². The summed E-state index contributed by atoms with van der Waals surface area (Å²) >= 11 is 0. The van der Waals surface area contributed by atoms with Crippen LogP contribution in [0.4, 0.5) is 5.69 Å². The molecule has 7 heteroatoms. The number of ether oxygens (including phenoxy) is 1. The Hall–Kier alpha value is -2.93. The van der Waals surface area contributed by atoms with E-state index in [1.165, 1.54) is 24.3 Å². The Morgan fingerprint density at radius 3 is 2.48 bits per heavy atom. The number of nitrogens with zero attached hydrogens (tertiary/aromatic N) is 2. The first-order valence-corrected chi connectivity index (χ1v) is 9.00. The van der Waals surface area contributed by atoms with E-state index >= 15 is 0 Å². The monoisotopic (exact) mass is 369 g/mol. The van der Waals surface area contributed by atoms with Crippen LogP contribution in [-0.4, -0.2) is 42.5 Å². The van der Waals surface area contributed by atoms with Gasteiger partial charge in [0.05, 0.1) is 18.1 Å². The molecular formula is C20H23N3O4. The SMILES string of the molecule is COc1ccccc1C(CNC(=O)c1ccc([N+](=O)[O-])cc1)N1CCCC1. The number of likely N-dealkylation sites (tertiary alicyclic amines) is 1. The lowest BCUT2D eigenvalue weighted by Gasteiger charge is -2.29. The predicted molar refractivity (Wildman–Crippen MR) is 102 cm³/mol. The Morgan fingerprint density at radius 2 is 1.85 bits per heavy atom. The Labute approximate surface area is 158 Å². The summed E-state index contributed by atoms with van der Waals surface area (Å²) in [6, 6.07) is 13.5. The van der Waals surface area contributed by atoms with Crippen molar-refractivity contribution in [1.82, 2.24) is 10.2 Å². The highest BCUT2D eigenvalue weighted by Gasteiger charge is 2.26. The van der Waals surface area contributed by atoms with Gasteiger partial charge in [0.2, 0.25) is 0 Å². The fourth-order valence-electron chi connectivity index (χ4n) is 3.46. The molecule has 1 fully saturated rings. The summed E-state index contributed by atoms with van der Waals surface area (Å²) in [6.07, 6.45) is 2.28. The molecule has 0 radical (unpaired) electrons. The third-order valence-corrected chi connectivity index (χ3v) is 4.88. The summed E-state index contributed by atoms with van der Waals surface area (Å²) in [4.78, 5) is 25.1. The van der Waals surface area contributed by atoms with Crippen molar-refractivity contribution in [3.8, 4) is 5.75 Å². The summed E-state index contributed by atoms with van der Waals surface area (Å²) in [6.45, 7) is 2.41. The lowest BCUT2D eigenvalue weighted by molar-refractivity contribution is -0.384. The van der Waals surface area contributed by atoms with Crippen LogP contribution in [0, 0.1) is 10.1 Å². The molecule has 0 aliphatic carbocycles. The standard InChI is InChI=1S/C20H23N3O4/c1-27-19-7-3-2-6-17(19)18(22-12-4-5-13-22)14-21-20(24)15-8-10-16(11-9-15)23(25)26/h2-3,6-11,18H,4-5,12-14H2,1H3,(H,21,24). The van der Waals surface area contributed by atoms with Gasteiger partial charge in [-0.2, -0.15) is 0 Å². The summed E-state index contributed by atoms with van der Waals surface area (Å²) in [7, 11) is 1.65. The fourth-order valence-corrected chi connectivity index (χ4v) is 3.46. The van der Waals surface area contributed by atoms with Crippen LogP contribution in [0.25, 0.3) is 0 Å². The van der Waals surface area contributed by atoms with E-state index in [0.29, 0.717) is 12.1 Å². The van der Waals surface area contributed by atoms with E-state index in [1.807, 2.05) is 24.3 Å². The van der Waals surface area contributed by atoms with Crippen LogP contribution in [0.5, 0.6) is 5.75 Å². The number of non-ortho nitro benzene ring substituents is 1. The van der Waals surface area contributed by atoms with Gasteiger partial charge in [0.15, 0.2) is 0 Å². The van der Waals surface area contributed by atoms with E-state index < -0.39 is 4.92 Å². The second-order valence-electron chi connectivity index (χ2n) is 6.51. The van der Waals surface area contributed by atoms with Gasteiger partial charge in [-0.25, -0.2) is 0 Å². The van der Waals surface area contributed by atoms with Crippen LogP contribution < -0.4 is 10.1 Å². The van der Waals surface area contributed by atoms with Gasteiger partial charge in [-0.05, 0) is 44.1 Å². The lowest BCUT2D eigenvalue weighted by Crippen LogP contribution is -2.37. The molecule has 0 aromatic heterocycles. The molecule has 1 saturated heterocycles. The molecule has 0 saturated carbocycles. The predicted octanol–water partition coefficient (Wildman–Crippen LogP) is 3.17. The first-order valence-electron chi connectivity index (χ1n) is 9.00. The third kappa shape index (κ3) is 4.43. The van der Waals surface area contributed by atoms with Crippen molar-refractivity contribution in [2.45, 2.75) is 18.9 Å². The number of hydrogen-bond acceptors (Lipinski definition) is 5. The van der Waals surface area contributed by atoms with E-state index in [9.17, 15) is 14.9 Å². The maximum atomic E-state index is 12.5. The minimum atomic E-state index is -0.479. The Balaban J connectivity index is 1.74. The number of nitrogens with one attached hydrogen (secondary N) is 1. The third-order valence-electron chi connectivity index (χ3n) is 4.88. The number of rotatable bonds is 7. The van der Waals surface area contributed by atoms with Gasteiger partial charge < -0.3 is 10.1 Å². The van der Waals surface area contributed by atoms with E-state index in [0.717, 1.165) is 37.2 Å². The van der Waals surface area contributed by atoms with Gasteiger partial charge in [0, 0.05) is 29.8 Å². The smallest absolute Gasteiger partial charge is 0.269 e. The number of nitro groups is 1. The molecule has 1 heterocycles. The summed E-state index contributed by atoms with van der Waals surface area (Å²) in [5.41, 5.74) is 1.42. The van der Waals surface area contributed by atoms with Crippen molar-refractivity contribution in [2.75, 3.05) is 26.7 Å².